The number of anilines is 2. The number of benzene rings is 2. The van der Waals surface area contributed by atoms with Crippen LogP contribution in [0.15, 0.2) is 42.5 Å². The first-order chi connectivity index (χ1) is 15.1. The number of unbranched alkanes of at least 4 members (excludes halogenated alkanes) is 4. The van der Waals surface area contributed by atoms with Crippen molar-refractivity contribution in [3.63, 3.8) is 0 Å². The molecular formula is C25H34N2O4. The molecule has 0 saturated heterocycles. The van der Waals surface area contributed by atoms with Gasteiger partial charge in [-0.25, -0.2) is 0 Å². The lowest BCUT2D eigenvalue weighted by atomic mass is 10.2. The lowest BCUT2D eigenvalue weighted by Crippen LogP contribution is -2.14. The first kappa shape index (κ1) is 24.3. The van der Waals surface area contributed by atoms with Crippen molar-refractivity contribution in [3.8, 4) is 11.5 Å². The summed E-state index contributed by atoms with van der Waals surface area (Å²) in [6.07, 6.45) is 6.89. The highest BCUT2D eigenvalue weighted by Crippen LogP contribution is 2.28. The van der Waals surface area contributed by atoms with Gasteiger partial charge in [0.05, 0.1) is 19.4 Å². The third-order valence-corrected chi connectivity index (χ3v) is 4.87. The van der Waals surface area contributed by atoms with Crippen LogP contribution in [-0.2, 0) is 4.79 Å². The zero-order valence-electron chi connectivity index (χ0n) is 18.8. The van der Waals surface area contributed by atoms with E-state index >= 15 is 0 Å². The Morgan fingerprint density at radius 3 is 2.29 bits per heavy atom. The maximum atomic E-state index is 12.6. The first-order valence-electron chi connectivity index (χ1n) is 11.1. The highest BCUT2D eigenvalue weighted by Gasteiger charge is 2.11. The van der Waals surface area contributed by atoms with Crippen LogP contribution >= 0.6 is 0 Å². The second kappa shape index (κ2) is 13.3. The van der Waals surface area contributed by atoms with Gasteiger partial charge in [-0.2, -0.15) is 0 Å². The van der Waals surface area contributed by atoms with Crippen LogP contribution in [0.2, 0.25) is 0 Å². The van der Waals surface area contributed by atoms with Crippen LogP contribution in [-0.4, -0.2) is 25.5 Å². The predicted molar refractivity (Wildman–Crippen MR) is 125 cm³/mol. The van der Waals surface area contributed by atoms with Crippen LogP contribution in [0.1, 0.15) is 69.2 Å². The summed E-state index contributed by atoms with van der Waals surface area (Å²) in [4.78, 5) is 24.6. The highest BCUT2D eigenvalue weighted by atomic mass is 16.5. The van der Waals surface area contributed by atoms with Gasteiger partial charge in [-0.3, -0.25) is 9.59 Å². The molecule has 6 heteroatoms. The fraction of sp³-hybridized carbons (Fsp3) is 0.440. The summed E-state index contributed by atoms with van der Waals surface area (Å²) < 4.78 is 11.1. The van der Waals surface area contributed by atoms with E-state index in [1.807, 2.05) is 19.1 Å². The second-order valence-corrected chi connectivity index (χ2v) is 7.45. The molecule has 0 atom stereocenters. The van der Waals surface area contributed by atoms with Gasteiger partial charge in [-0.15, -0.1) is 0 Å². The summed E-state index contributed by atoms with van der Waals surface area (Å²) in [5.74, 6) is 0.980. The molecule has 168 valence electrons. The maximum Gasteiger partial charge on any atom is 0.255 e. The van der Waals surface area contributed by atoms with E-state index in [-0.39, 0.29) is 11.8 Å². The monoisotopic (exact) mass is 426 g/mol. The average Bonchev–Trinajstić information content (AvgIpc) is 2.78. The molecule has 2 aromatic carbocycles. The molecule has 0 aliphatic heterocycles. The Bertz CT molecular complexity index is 834. The number of carbonyl (C=O) groups is 2. The van der Waals surface area contributed by atoms with Gasteiger partial charge in [0.2, 0.25) is 5.91 Å². The van der Waals surface area contributed by atoms with E-state index in [0.29, 0.717) is 35.7 Å². The van der Waals surface area contributed by atoms with Crippen molar-refractivity contribution >= 4 is 23.2 Å². The van der Waals surface area contributed by atoms with Gasteiger partial charge < -0.3 is 20.1 Å². The Labute approximate surface area is 185 Å². The summed E-state index contributed by atoms with van der Waals surface area (Å²) in [7, 11) is 1.53. The Morgan fingerprint density at radius 1 is 0.871 bits per heavy atom. The standard InChI is InChI=1S/C25H34N2O4/c1-4-6-8-9-17-31-21-14-11-19(12-15-21)25(29)26-20-13-16-22(23(18-20)30-3)27-24(28)10-7-5-2/h11-16,18H,4-10,17H2,1-3H3,(H,26,29)(H,27,28). The van der Waals surface area contributed by atoms with E-state index in [2.05, 4.69) is 17.6 Å². The Kier molecular flexibility index (Phi) is 10.4. The van der Waals surface area contributed by atoms with Crippen molar-refractivity contribution in [2.45, 2.75) is 58.8 Å². The minimum absolute atomic E-state index is 0.0513. The average molecular weight is 427 g/mol. The number of carbonyl (C=O) groups excluding carboxylic acids is 2. The number of hydrogen-bond acceptors (Lipinski definition) is 4. The molecule has 0 aliphatic carbocycles. The Hall–Kier alpha value is -3.02. The zero-order valence-corrected chi connectivity index (χ0v) is 18.8. The third-order valence-electron chi connectivity index (χ3n) is 4.87. The molecule has 2 rings (SSSR count). The van der Waals surface area contributed by atoms with Gasteiger partial charge in [0.25, 0.3) is 5.91 Å². The minimum atomic E-state index is -0.226. The van der Waals surface area contributed by atoms with Gasteiger partial charge in [0.15, 0.2) is 0 Å². The number of ether oxygens (including phenoxy) is 2. The topological polar surface area (TPSA) is 76.7 Å². The maximum absolute atomic E-state index is 12.6. The normalized spacial score (nSPS) is 10.4. The molecule has 2 N–H and O–H groups in total. The van der Waals surface area contributed by atoms with E-state index in [4.69, 9.17) is 9.47 Å². The van der Waals surface area contributed by atoms with Crippen molar-refractivity contribution in [2.75, 3.05) is 24.4 Å². The Morgan fingerprint density at radius 2 is 1.61 bits per heavy atom. The smallest absolute Gasteiger partial charge is 0.255 e. The van der Waals surface area contributed by atoms with Gasteiger partial charge in [0.1, 0.15) is 11.5 Å². The molecular weight excluding hydrogens is 392 g/mol. The van der Waals surface area contributed by atoms with Crippen LogP contribution in [0.3, 0.4) is 0 Å². The van der Waals surface area contributed by atoms with Gasteiger partial charge in [0, 0.05) is 23.7 Å². The summed E-state index contributed by atoms with van der Waals surface area (Å²) >= 11 is 0. The number of methoxy groups -OCH3 is 1. The largest absolute Gasteiger partial charge is 0.494 e. The van der Waals surface area contributed by atoms with Crippen molar-refractivity contribution in [1.82, 2.24) is 0 Å². The van der Waals surface area contributed by atoms with E-state index < -0.39 is 0 Å². The predicted octanol–water partition coefficient (Wildman–Crippen LogP) is 6.04. The fourth-order valence-corrected chi connectivity index (χ4v) is 3.05. The quantitative estimate of drug-likeness (QED) is 0.383. The summed E-state index contributed by atoms with van der Waals surface area (Å²) in [6.45, 7) is 4.91. The van der Waals surface area contributed by atoms with Crippen LogP contribution in [0.5, 0.6) is 11.5 Å². The minimum Gasteiger partial charge on any atom is -0.494 e. The molecule has 0 saturated carbocycles. The van der Waals surface area contributed by atoms with Crippen molar-refractivity contribution in [1.29, 1.82) is 0 Å². The van der Waals surface area contributed by atoms with Crippen LogP contribution in [0.4, 0.5) is 11.4 Å². The summed E-state index contributed by atoms with van der Waals surface area (Å²) in [5.41, 5.74) is 1.71. The first-order valence-corrected chi connectivity index (χ1v) is 11.1. The summed E-state index contributed by atoms with van der Waals surface area (Å²) in [5, 5.41) is 5.71. The lowest BCUT2D eigenvalue weighted by Gasteiger charge is -2.13. The number of amides is 2. The van der Waals surface area contributed by atoms with Gasteiger partial charge in [-0.1, -0.05) is 39.5 Å². The molecule has 0 aliphatic rings. The van der Waals surface area contributed by atoms with E-state index in [0.717, 1.165) is 25.0 Å². The van der Waals surface area contributed by atoms with Gasteiger partial charge in [-0.05, 0) is 49.2 Å². The third kappa shape index (κ3) is 8.32. The van der Waals surface area contributed by atoms with E-state index in [1.165, 1.54) is 26.4 Å². The van der Waals surface area contributed by atoms with Gasteiger partial charge >= 0.3 is 0 Å². The van der Waals surface area contributed by atoms with Crippen LogP contribution in [0, 0.1) is 0 Å². The Balaban J connectivity index is 1.93. The molecule has 0 unspecified atom stereocenters. The van der Waals surface area contributed by atoms with E-state index in [1.54, 1.807) is 30.3 Å². The van der Waals surface area contributed by atoms with Crippen molar-refractivity contribution in [3.05, 3.63) is 48.0 Å². The molecule has 0 radical (unpaired) electrons. The second-order valence-electron chi connectivity index (χ2n) is 7.45. The molecule has 2 amide bonds. The molecule has 0 spiro atoms. The number of rotatable bonds is 13. The lowest BCUT2D eigenvalue weighted by molar-refractivity contribution is -0.116. The van der Waals surface area contributed by atoms with Crippen molar-refractivity contribution in [2.24, 2.45) is 0 Å². The molecule has 0 bridgehead atoms. The zero-order chi connectivity index (χ0) is 22.5. The number of nitrogens with one attached hydrogen (secondary N) is 2. The van der Waals surface area contributed by atoms with Crippen LogP contribution in [0.25, 0.3) is 0 Å². The molecule has 31 heavy (non-hydrogen) atoms. The van der Waals surface area contributed by atoms with Crippen molar-refractivity contribution < 1.29 is 19.1 Å². The highest BCUT2D eigenvalue weighted by molar-refractivity contribution is 6.04. The molecule has 0 heterocycles. The SMILES string of the molecule is CCCCCCOc1ccc(C(=O)Nc2ccc(NC(=O)CCCC)c(OC)c2)cc1. The molecule has 2 aromatic rings. The van der Waals surface area contributed by atoms with E-state index in [9.17, 15) is 9.59 Å². The number of hydrogen-bond donors (Lipinski definition) is 2. The summed E-state index contributed by atoms with van der Waals surface area (Å²) in [6, 6.07) is 12.3. The van der Waals surface area contributed by atoms with Crippen LogP contribution < -0.4 is 20.1 Å². The fourth-order valence-electron chi connectivity index (χ4n) is 3.05. The molecule has 6 nitrogen and oxygen atoms in total. The molecule has 0 aromatic heterocycles. The molecule has 0 fully saturated rings.